The highest BCUT2D eigenvalue weighted by Crippen LogP contribution is 2.24. The van der Waals surface area contributed by atoms with Gasteiger partial charge >= 0.3 is 12.0 Å². The predicted molar refractivity (Wildman–Crippen MR) is 107 cm³/mol. The van der Waals surface area contributed by atoms with Crippen LogP contribution in [0, 0.1) is 0 Å². The minimum Gasteiger partial charge on any atom is -0.402 e. The van der Waals surface area contributed by atoms with Gasteiger partial charge in [-0.05, 0) is 23.8 Å². The van der Waals surface area contributed by atoms with E-state index in [0.717, 1.165) is 16.3 Å². The summed E-state index contributed by atoms with van der Waals surface area (Å²) in [6.07, 6.45) is 1.73. The average molecular weight is 378 g/mol. The van der Waals surface area contributed by atoms with Crippen LogP contribution in [-0.4, -0.2) is 60.4 Å². The first-order valence-corrected chi connectivity index (χ1v) is 9.43. The summed E-state index contributed by atoms with van der Waals surface area (Å²) in [6.45, 7) is 5.01. The second-order valence-corrected chi connectivity index (χ2v) is 6.71. The molecule has 0 spiro atoms. The predicted octanol–water partition coefficient (Wildman–Crippen LogP) is 2.33. The molecular formula is C21H22N4O3. The minimum atomic E-state index is -0.450. The molecule has 2 aliphatic heterocycles. The molecule has 0 atom stereocenters. The number of benzene rings is 2. The zero-order chi connectivity index (χ0) is 19.5. The van der Waals surface area contributed by atoms with Gasteiger partial charge in [0, 0.05) is 44.5 Å². The lowest BCUT2D eigenvalue weighted by Crippen LogP contribution is -2.50. The second-order valence-electron chi connectivity index (χ2n) is 6.71. The maximum atomic E-state index is 12.3. The molecule has 1 fully saturated rings. The van der Waals surface area contributed by atoms with Gasteiger partial charge in [0.05, 0.1) is 0 Å². The molecule has 2 aliphatic rings. The fourth-order valence-corrected chi connectivity index (χ4v) is 3.42. The van der Waals surface area contributed by atoms with Crippen molar-refractivity contribution in [2.45, 2.75) is 6.92 Å². The van der Waals surface area contributed by atoms with Gasteiger partial charge in [0.2, 0.25) is 5.90 Å². The Morgan fingerprint density at radius 3 is 2.68 bits per heavy atom. The zero-order valence-electron chi connectivity index (χ0n) is 15.7. The number of amides is 2. The van der Waals surface area contributed by atoms with Gasteiger partial charge < -0.3 is 19.9 Å². The van der Waals surface area contributed by atoms with E-state index in [1.165, 1.54) is 0 Å². The molecule has 2 amide bonds. The number of esters is 1. The Hall–Kier alpha value is -3.35. The summed E-state index contributed by atoms with van der Waals surface area (Å²) in [7, 11) is 0. The minimum absolute atomic E-state index is 0.0497. The lowest BCUT2D eigenvalue weighted by atomic mass is 10.0. The van der Waals surface area contributed by atoms with Gasteiger partial charge in [-0.25, -0.2) is 14.6 Å². The van der Waals surface area contributed by atoms with Crippen LogP contribution in [0.4, 0.5) is 4.79 Å². The molecule has 0 bridgehead atoms. The monoisotopic (exact) mass is 378 g/mol. The molecule has 7 nitrogen and oxygen atoms in total. The molecule has 0 unspecified atom stereocenters. The number of nitrogens with one attached hydrogen (secondary N) is 1. The number of hydrogen-bond donors (Lipinski definition) is 1. The van der Waals surface area contributed by atoms with Crippen molar-refractivity contribution in [3.8, 4) is 0 Å². The largest absolute Gasteiger partial charge is 0.402 e. The Morgan fingerprint density at radius 2 is 1.89 bits per heavy atom. The molecule has 2 aromatic rings. The molecule has 2 aromatic carbocycles. The molecular weight excluding hydrogens is 356 g/mol. The van der Waals surface area contributed by atoms with E-state index in [1.807, 2.05) is 54.3 Å². The summed E-state index contributed by atoms with van der Waals surface area (Å²) in [4.78, 5) is 32.4. The van der Waals surface area contributed by atoms with Crippen LogP contribution >= 0.6 is 0 Å². The van der Waals surface area contributed by atoms with Crippen LogP contribution in [0.15, 0.2) is 59.4 Å². The first-order chi connectivity index (χ1) is 13.7. The third-order valence-corrected chi connectivity index (χ3v) is 4.87. The molecule has 4 rings (SSSR count). The zero-order valence-corrected chi connectivity index (χ0v) is 15.7. The molecule has 7 heteroatoms. The lowest BCUT2D eigenvalue weighted by molar-refractivity contribution is -0.130. The molecule has 1 saturated heterocycles. The van der Waals surface area contributed by atoms with Crippen molar-refractivity contribution >= 4 is 28.7 Å². The smallest absolute Gasteiger partial charge is 0.365 e. The SMILES string of the molecule is CCNC(=O)N1CCN(/C=C2/N=C(c3cccc4ccccc34)OC2=O)CC1. The van der Waals surface area contributed by atoms with Gasteiger partial charge in [-0.3, -0.25) is 0 Å². The van der Waals surface area contributed by atoms with Gasteiger partial charge in [-0.2, -0.15) is 0 Å². The summed E-state index contributed by atoms with van der Waals surface area (Å²) < 4.78 is 5.44. The highest BCUT2D eigenvalue weighted by molar-refractivity contribution is 6.16. The highest BCUT2D eigenvalue weighted by Gasteiger charge is 2.27. The van der Waals surface area contributed by atoms with E-state index in [9.17, 15) is 9.59 Å². The molecule has 2 heterocycles. The summed E-state index contributed by atoms with van der Waals surface area (Å²) in [5.41, 5.74) is 1.09. The van der Waals surface area contributed by atoms with Crippen LogP contribution in [0.2, 0.25) is 0 Å². The van der Waals surface area contributed by atoms with Gasteiger partial charge in [0.1, 0.15) is 0 Å². The van der Waals surface area contributed by atoms with Gasteiger partial charge in [0.25, 0.3) is 0 Å². The maximum absolute atomic E-state index is 12.3. The van der Waals surface area contributed by atoms with E-state index in [-0.39, 0.29) is 11.7 Å². The number of hydrogen-bond acceptors (Lipinski definition) is 5. The number of ether oxygens (including phenoxy) is 1. The molecule has 0 aromatic heterocycles. The summed E-state index contributed by atoms with van der Waals surface area (Å²) in [5.74, 6) is -0.122. The van der Waals surface area contributed by atoms with Crippen LogP contribution in [0.3, 0.4) is 0 Å². The number of rotatable bonds is 3. The first-order valence-electron chi connectivity index (χ1n) is 9.43. The normalized spacial score (nSPS) is 18.4. The van der Waals surface area contributed by atoms with Gasteiger partial charge in [-0.15, -0.1) is 0 Å². The third kappa shape index (κ3) is 3.55. The standard InChI is InChI=1S/C21H22N4O3/c1-2-22-21(27)25-12-10-24(11-13-25)14-18-20(26)28-19(23-18)17-9-5-7-15-6-3-4-8-16(15)17/h3-9,14H,2,10-13H2,1H3,(H,22,27)/b18-14+. The van der Waals surface area contributed by atoms with E-state index in [1.54, 1.807) is 11.1 Å². The lowest BCUT2D eigenvalue weighted by Gasteiger charge is -2.33. The number of aliphatic imine (C=N–C) groups is 1. The van der Waals surface area contributed by atoms with Crippen LogP contribution in [0.25, 0.3) is 10.8 Å². The third-order valence-electron chi connectivity index (χ3n) is 4.87. The quantitative estimate of drug-likeness (QED) is 0.657. The number of carbonyl (C=O) groups excluding carboxylic acids is 2. The number of fused-ring (bicyclic) bond motifs is 1. The maximum Gasteiger partial charge on any atom is 0.365 e. The van der Waals surface area contributed by atoms with Gasteiger partial charge in [-0.1, -0.05) is 36.4 Å². The Kier molecular flexibility index (Phi) is 4.97. The van der Waals surface area contributed by atoms with Crippen LogP contribution < -0.4 is 5.32 Å². The summed E-state index contributed by atoms with van der Waals surface area (Å²) >= 11 is 0. The fourth-order valence-electron chi connectivity index (χ4n) is 3.42. The van der Waals surface area contributed by atoms with E-state index in [2.05, 4.69) is 10.3 Å². The van der Waals surface area contributed by atoms with Crippen molar-refractivity contribution < 1.29 is 14.3 Å². The van der Waals surface area contributed by atoms with E-state index < -0.39 is 5.97 Å². The Balaban J connectivity index is 1.51. The number of piperazine rings is 1. The van der Waals surface area contributed by atoms with Crippen LogP contribution in [-0.2, 0) is 9.53 Å². The molecule has 0 saturated carbocycles. The second kappa shape index (κ2) is 7.72. The van der Waals surface area contributed by atoms with Crippen molar-refractivity contribution in [2.75, 3.05) is 32.7 Å². The fraction of sp³-hybridized carbons (Fsp3) is 0.286. The average Bonchev–Trinajstić information content (AvgIpc) is 3.08. The Labute approximate surface area is 163 Å². The molecule has 1 N–H and O–H groups in total. The number of carbonyl (C=O) groups is 2. The van der Waals surface area contributed by atoms with Crippen molar-refractivity contribution in [3.05, 3.63) is 59.9 Å². The number of nitrogens with zero attached hydrogens (tertiary/aromatic N) is 3. The number of urea groups is 1. The Morgan fingerprint density at radius 1 is 1.14 bits per heavy atom. The van der Waals surface area contributed by atoms with Crippen molar-refractivity contribution in [3.63, 3.8) is 0 Å². The first kappa shape index (κ1) is 18.0. The summed E-state index contributed by atoms with van der Waals surface area (Å²) in [5, 5.41) is 4.87. The van der Waals surface area contributed by atoms with E-state index in [0.29, 0.717) is 38.6 Å². The number of cyclic esters (lactones) is 1. The van der Waals surface area contributed by atoms with Crippen molar-refractivity contribution in [1.82, 2.24) is 15.1 Å². The van der Waals surface area contributed by atoms with Crippen LogP contribution in [0.1, 0.15) is 12.5 Å². The molecule has 144 valence electrons. The Bertz CT molecular complexity index is 969. The topological polar surface area (TPSA) is 74.2 Å². The van der Waals surface area contributed by atoms with Crippen molar-refractivity contribution in [1.29, 1.82) is 0 Å². The van der Waals surface area contributed by atoms with Crippen LogP contribution in [0.5, 0.6) is 0 Å². The molecule has 28 heavy (non-hydrogen) atoms. The molecule has 0 aliphatic carbocycles. The summed E-state index contributed by atoms with van der Waals surface area (Å²) in [6, 6.07) is 13.7. The van der Waals surface area contributed by atoms with Crippen molar-refractivity contribution in [2.24, 2.45) is 4.99 Å². The molecule has 0 radical (unpaired) electrons. The van der Waals surface area contributed by atoms with Gasteiger partial charge in [0.15, 0.2) is 5.70 Å². The highest BCUT2D eigenvalue weighted by atomic mass is 16.6. The van der Waals surface area contributed by atoms with E-state index >= 15 is 0 Å². The van der Waals surface area contributed by atoms with E-state index in [4.69, 9.17) is 4.74 Å².